The molecule has 4 atom stereocenters. The van der Waals surface area contributed by atoms with E-state index in [1.54, 1.807) is 0 Å². The fourth-order valence-corrected chi connectivity index (χ4v) is 10.7. The topological polar surface area (TPSA) is 153 Å². The van der Waals surface area contributed by atoms with Crippen molar-refractivity contribution in [1.29, 1.82) is 0 Å². The molecule has 4 saturated heterocycles. The third-order valence-electron chi connectivity index (χ3n) is 15.3. The average Bonchev–Trinajstić information content (AvgIpc) is 3.33. The molecule has 0 radical (unpaired) electrons. The first-order valence-corrected chi connectivity index (χ1v) is 29.7. The molecule has 0 aromatic heterocycles. The van der Waals surface area contributed by atoms with Gasteiger partial charge in [-0.3, -0.25) is 43.7 Å². The van der Waals surface area contributed by atoms with E-state index in [1.807, 2.05) is 28.8 Å². The van der Waals surface area contributed by atoms with Crippen LogP contribution in [0.15, 0.2) is 0 Å². The van der Waals surface area contributed by atoms with E-state index in [-0.39, 0.29) is 41.3 Å². The molecule has 0 bridgehead atoms. The van der Waals surface area contributed by atoms with Crippen molar-refractivity contribution in [2.45, 2.75) is 179 Å². The molecule has 0 aromatic rings. The molecule has 0 spiro atoms. The summed E-state index contributed by atoms with van der Waals surface area (Å²) in [5, 5.41) is 0. The number of nitrogens with two attached hydrogens (primary N) is 2. The second-order valence-corrected chi connectivity index (χ2v) is 26.3. The molecule has 4 heterocycles. The van der Waals surface area contributed by atoms with E-state index in [4.69, 9.17) is 11.5 Å². The second kappa shape index (κ2) is 35.2. The summed E-state index contributed by atoms with van der Waals surface area (Å²) in [5.41, 5.74) is 11.9. The van der Waals surface area contributed by atoms with Crippen molar-refractivity contribution < 1.29 is 19.2 Å². The van der Waals surface area contributed by atoms with Crippen molar-refractivity contribution in [1.82, 2.24) is 49.0 Å². The van der Waals surface area contributed by atoms with E-state index in [0.29, 0.717) is 60.2 Å². The Bertz CT molecular complexity index is 1560. The molecule has 16 heteroatoms. The minimum atomic E-state index is -0.328. The van der Waals surface area contributed by atoms with Gasteiger partial charge in [0.15, 0.2) is 0 Å². The number of likely N-dealkylation sites (N-methyl/N-ethyl adjacent to an activating group) is 1. The Kier molecular flexibility index (Phi) is 33.2. The number of hydrogen-bond donors (Lipinski definition) is 2. The first-order chi connectivity index (χ1) is 34.8. The third kappa shape index (κ3) is 26.8. The van der Waals surface area contributed by atoms with E-state index in [1.165, 1.54) is 0 Å². The van der Waals surface area contributed by atoms with Crippen LogP contribution >= 0.6 is 0 Å². The highest BCUT2D eigenvalue weighted by Gasteiger charge is 2.33. The molecular formula is C59H122N12O4. The van der Waals surface area contributed by atoms with Gasteiger partial charge in [0.2, 0.25) is 23.6 Å². The molecule has 4 fully saturated rings. The predicted octanol–water partition coefficient (Wildman–Crippen LogP) is 5.74. The van der Waals surface area contributed by atoms with Crippen LogP contribution in [0.5, 0.6) is 0 Å². The van der Waals surface area contributed by atoms with Gasteiger partial charge in [0.1, 0.15) is 0 Å². The fourth-order valence-electron chi connectivity index (χ4n) is 10.7. The van der Waals surface area contributed by atoms with Gasteiger partial charge in [-0.1, -0.05) is 55.4 Å². The number of carbonyl (C=O) groups is 4. The summed E-state index contributed by atoms with van der Waals surface area (Å²) in [6.45, 7) is 53.3. The van der Waals surface area contributed by atoms with Crippen LogP contribution in [0, 0.1) is 35.5 Å². The number of carbonyl (C=O) groups excluding carboxylic acids is 4. The van der Waals surface area contributed by atoms with Crippen molar-refractivity contribution in [2.75, 3.05) is 146 Å². The Morgan fingerprint density at radius 2 is 0.733 bits per heavy atom. The minimum Gasteiger partial charge on any atom is -0.340 e. The summed E-state index contributed by atoms with van der Waals surface area (Å²) in [5.74, 6) is 3.32. The lowest BCUT2D eigenvalue weighted by Crippen LogP contribution is -2.57. The monoisotopic (exact) mass is 1060 g/mol. The molecule has 0 aromatic carbocycles. The molecule has 4 rings (SSSR count). The molecular weight excluding hydrogens is 941 g/mol. The van der Waals surface area contributed by atoms with Crippen LogP contribution in [-0.2, 0) is 19.2 Å². The highest BCUT2D eigenvalue weighted by atomic mass is 16.2. The maximum atomic E-state index is 12.7. The van der Waals surface area contributed by atoms with Crippen molar-refractivity contribution in [2.24, 2.45) is 47.0 Å². The van der Waals surface area contributed by atoms with Crippen LogP contribution in [0.1, 0.15) is 143 Å². The van der Waals surface area contributed by atoms with Gasteiger partial charge in [0.05, 0.1) is 23.9 Å². The zero-order valence-electron chi connectivity index (χ0n) is 52.7. The molecule has 4 unspecified atom stereocenters. The maximum Gasteiger partial charge on any atom is 0.240 e. The van der Waals surface area contributed by atoms with Gasteiger partial charge >= 0.3 is 0 Å². The highest BCUT2D eigenvalue weighted by molar-refractivity contribution is 5.82. The van der Waals surface area contributed by atoms with E-state index >= 15 is 0 Å². The van der Waals surface area contributed by atoms with Crippen LogP contribution in [0.25, 0.3) is 0 Å². The number of piperazine rings is 4. The molecule has 4 aliphatic rings. The molecule has 0 saturated carbocycles. The summed E-state index contributed by atoms with van der Waals surface area (Å²) in [7, 11) is 8.12. The summed E-state index contributed by atoms with van der Waals surface area (Å²) in [6.07, 6.45) is 3.61. The van der Waals surface area contributed by atoms with Gasteiger partial charge in [-0.05, 0) is 140 Å². The Hall–Kier alpha value is -2.44. The molecule has 4 N–H and O–H groups in total. The number of rotatable bonds is 19. The van der Waals surface area contributed by atoms with Gasteiger partial charge in [-0.15, -0.1) is 0 Å². The smallest absolute Gasteiger partial charge is 0.240 e. The largest absolute Gasteiger partial charge is 0.340 e. The Morgan fingerprint density at radius 3 is 1.03 bits per heavy atom. The Morgan fingerprint density at radius 1 is 0.427 bits per heavy atom. The predicted molar refractivity (Wildman–Crippen MR) is 316 cm³/mol. The zero-order valence-corrected chi connectivity index (χ0v) is 52.7. The second-order valence-electron chi connectivity index (χ2n) is 26.3. The zero-order chi connectivity index (χ0) is 57.5. The minimum absolute atomic E-state index is 0.00981. The van der Waals surface area contributed by atoms with E-state index in [2.05, 4.69) is 166 Å². The average molecular weight is 1060 g/mol. The number of hydrogen-bond acceptors (Lipinski definition) is 12. The molecule has 75 heavy (non-hydrogen) atoms. The van der Waals surface area contributed by atoms with Crippen LogP contribution in [-0.4, -0.2) is 254 Å². The number of amides is 4. The van der Waals surface area contributed by atoms with Crippen molar-refractivity contribution in [3.05, 3.63) is 0 Å². The Labute approximate surface area is 462 Å². The lowest BCUT2D eigenvalue weighted by molar-refractivity contribution is -0.139. The van der Waals surface area contributed by atoms with Crippen LogP contribution in [0.2, 0.25) is 0 Å². The van der Waals surface area contributed by atoms with Crippen LogP contribution in [0.3, 0.4) is 0 Å². The first kappa shape index (κ1) is 70.6. The van der Waals surface area contributed by atoms with Crippen LogP contribution in [0.4, 0.5) is 0 Å². The molecule has 442 valence electrons. The highest BCUT2D eigenvalue weighted by Crippen LogP contribution is 2.21. The van der Waals surface area contributed by atoms with Gasteiger partial charge in [0, 0.05) is 141 Å². The van der Waals surface area contributed by atoms with Gasteiger partial charge < -0.3 is 36.0 Å². The SMILES string of the molecule is CC(C)CC(C(=O)N1CCN(C(C)C)CC1)N(C)C.CC(C)CC(CN(C)C)C(=O)N1CCN(C(C)C)CC1.CC(C)CC(CN)C(=O)N1CCN(C(C)C)CC1.CC(C)CC(N)C(=O)N1CCN(C(C)(C)C)CC1. The Balaban J connectivity index is 0.000000500. The summed E-state index contributed by atoms with van der Waals surface area (Å²) in [4.78, 5) is 71.9. The molecule has 4 aliphatic heterocycles. The normalized spacial score (nSPS) is 19.6. The lowest BCUT2D eigenvalue weighted by atomic mass is 9.95. The van der Waals surface area contributed by atoms with Gasteiger partial charge in [0.25, 0.3) is 0 Å². The van der Waals surface area contributed by atoms with Crippen LogP contribution < -0.4 is 11.5 Å². The van der Waals surface area contributed by atoms with E-state index in [9.17, 15) is 19.2 Å². The van der Waals surface area contributed by atoms with E-state index in [0.717, 1.165) is 137 Å². The third-order valence-corrected chi connectivity index (χ3v) is 15.3. The number of nitrogens with zero attached hydrogens (tertiary/aromatic N) is 10. The molecule has 16 nitrogen and oxygen atoms in total. The van der Waals surface area contributed by atoms with Crippen molar-refractivity contribution >= 4 is 23.6 Å². The van der Waals surface area contributed by atoms with E-state index < -0.39 is 0 Å². The first-order valence-electron chi connectivity index (χ1n) is 29.7. The fraction of sp³-hybridized carbons (Fsp3) is 0.932. The maximum absolute atomic E-state index is 12.7. The summed E-state index contributed by atoms with van der Waals surface area (Å²) >= 11 is 0. The molecule has 0 aliphatic carbocycles. The van der Waals surface area contributed by atoms with Gasteiger partial charge in [-0.25, -0.2) is 0 Å². The van der Waals surface area contributed by atoms with Crippen molar-refractivity contribution in [3.8, 4) is 0 Å². The quantitative estimate of drug-likeness (QED) is 0.162. The van der Waals surface area contributed by atoms with Gasteiger partial charge in [-0.2, -0.15) is 0 Å². The summed E-state index contributed by atoms with van der Waals surface area (Å²) < 4.78 is 0. The van der Waals surface area contributed by atoms with Crippen molar-refractivity contribution in [3.63, 3.8) is 0 Å². The summed E-state index contributed by atoms with van der Waals surface area (Å²) in [6, 6.07) is 1.44. The molecule has 4 amide bonds. The lowest BCUT2D eigenvalue weighted by Gasteiger charge is -2.42. The standard InChI is InChI=1S/C16H33N3O.C15H31N3O.2C14H29N3O/c1-13(2)11-15(12-17(5)6)16(20)19-9-7-18(8-10-19)14(3)4;1-12(2)11-14(16(5)6)15(19)18-9-7-17(8-10-18)13(3)4;1-11(2)10-12(15)13(18)16-6-8-17(9-7-16)14(3,4)5;1-11(2)9-13(10-15)14(18)17-7-5-16(6-8-17)12(3)4/h13-15H,7-12H2,1-6H3;12-14H,7-11H2,1-6H3;11-12H,6-10,15H2,1-5H3;11-13H,5-10,15H2,1-4H3.